The topological polar surface area (TPSA) is 51.0 Å². The van der Waals surface area contributed by atoms with E-state index in [4.69, 9.17) is 27.6 Å². The molecule has 0 spiro atoms. The van der Waals surface area contributed by atoms with Gasteiger partial charge in [-0.05, 0) is 48.9 Å². The normalized spacial score (nSPS) is 12.0. The van der Waals surface area contributed by atoms with Crippen LogP contribution in [0.3, 0.4) is 0 Å². The number of rotatable bonds is 5. The molecule has 4 aromatic rings. The van der Waals surface area contributed by atoms with Crippen LogP contribution in [0.15, 0.2) is 71.1 Å². The Morgan fingerprint density at radius 2 is 1.72 bits per heavy atom. The van der Waals surface area contributed by atoms with Gasteiger partial charge in [0.05, 0.1) is 0 Å². The summed E-state index contributed by atoms with van der Waals surface area (Å²) in [7, 11) is 0. The number of aromatic nitrogens is 2. The third-order valence-corrected chi connectivity index (χ3v) is 5.29. The molecule has 4 nitrogen and oxygen atoms in total. The van der Waals surface area contributed by atoms with Gasteiger partial charge >= 0.3 is 0 Å². The molecule has 146 valence electrons. The Labute approximate surface area is 177 Å². The molecule has 0 radical (unpaired) electrons. The number of benzene rings is 3. The van der Waals surface area contributed by atoms with Crippen molar-refractivity contribution in [3.8, 4) is 11.5 Å². The number of halogens is 3. The third kappa shape index (κ3) is 4.11. The van der Waals surface area contributed by atoms with Crippen molar-refractivity contribution in [1.82, 2.24) is 10.2 Å². The van der Waals surface area contributed by atoms with E-state index in [1.165, 1.54) is 12.1 Å². The first-order valence-corrected chi connectivity index (χ1v) is 9.64. The molecule has 4 rings (SSSR count). The molecule has 0 aliphatic carbocycles. The average molecular weight is 428 g/mol. The van der Waals surface area contributed by atoms with Crippen molar-refractivity contribution < 1.29 is 8.81 Å². The number of hydrogen-bond donors (Lipinski definition) is 1. The lowest BCUT2D eigenvalue weighted by molar-refractivity contribution is 0.493. The second kappa shape index (κ2) is 8.23. The lowest BCUT2D eigenvalue weighted by Crippen LogP contribution is -2.14. The Hall–Kier alpha value is -2.89. The zero-order valence-corrected chi connectivity index (χ0v) is 16.9. The van der Waals surface area contributed by atoms with Gasteiger partial charge in [-0.2, -0.15) is 0 Å². The minimum absolute atomic E-state index is 0.252. The van der Waals surface area contributed by atoms with Gasteiger partial charge < -0.3 is 9.73 Å². The predicted molar refractivity (Wildman–Crippen MR) is 113 cm³/mol. The quantitative estimate of drug-likeness (QED) is 0.385. The Morgan fingerprint density at radius 3 is 2.48 bits per heavy atom. The van der Waals surface area contributed by atoms with Crippen LogP contribution < -0.4 is 5.32 Å². The minimum atomic E-state index is -0.592. The highest BCUT2D eigenvalue weighted by Crippen LogP contribution is 2.34. The summed E-state index contributed by atoms with van der Waals surface area (Å²) in [5, 5.41) is 12.6. The van der Waals surface area contributed by atoms with Gasteiger partial charge in [0.25, 0.3) is 0 Å². The zero-order chi connectivity index (χ0) is 20.4. The van der Waals surface area contributed by atoms with Crippen LogP contribution >= 0.6 is 23.2 Å². The predicted octanol–water partition coefficient (Wildman–Crippen LogP) is 6.69. The van der Waals surface area contributed by atoms with E-state index in [9.17, 15) is 4.39 Å². The molecule has 29 heavy (non-hydrogen) atoms. The molecule has 7 heteroatoms. The van der Waals surface area contributed by atoms with Crippen LogP contribution in [0.4, 0.5) is 10.1 Å². The Kier molecular flexibility index (Phi) is 5.51. The van der Waals surface area contributed by atoms with Crippen LogP contribution in [-0.2, 0) is 0 Å². The fourth-order valence-corrected chi connectivity index (χ4v) is 3.43. The van der Waals surface area contributed by atoms with Crippen LogP contribution in [0, 0.1) is 12.7 Å². The molecule has 0 saturated heterocycles. The van der Waals surface area contributed by atoms with Gasteiger partial charge in [0, 0.05) is 26.9 Å². The molecule has 1 heterocycles. The molecule has 1 N–H and O–H groups in total. The molecule has 0 aliphatic heterocycles. The Morgan fingerprint density at radius 1 is 0.931 bits per heavy atom. The molecule has 0 unspecified atom stereocenters. The number of nitrogens with one attached hydrogen (secondary N) is 1. The minimum Gasteiger partial charge on any atom is -0.418 e. The van der Waals surface area contributed by atoms with Crippen LogP contribution in [0.5, 0.6) is 0 Å². The van der Waals surface area contributed by atoms with Crippen molar-refractivity contribution >= 4 is 28.9 Å². The van der Waals surface area contributed by atoms with Crippen LogP contribution in [-0.4, -0.2) is 10.2 Å². The molecule has 3 aromatic carbocycles. The second-order valence-corrected chi connectivity index (χ2v) is 7.28. The molecule has 0 aliphatic rings. The summed E-state index contributed by atoms with van der Waals surface area (Å²) in [6, 6.07) is 18.6. The fourth-order valence-electron chi connectivity index (χ4n) is 2.98. The molecule has 0 fully saturated rings. The monoisotopic (exact) mass is 427 g/mol. The van der Waals surface area contributed by atoms with E-state index in [1.54, 1.807) is 6.07 Å². The molecular formula is C22H16Cl2FN3O. The highest BCUT2D eigenvalue weighted by atomic mass is 35.5. The van der Waals surface area contributed by atoms with E-state index in [-0.39, 0.29) is 5.02 Å². The summed E-state index contributed by atoms with van der Waals surface area (Å²) >= 11 is 12.6. The summed E-state index contributed by atoms with van der Waals surface area (Å²) in [6.45, 7) is 1.90. The molecule has 0 bridgehead atoms. The SMILES string of the molecule is Cc1c(Cl)cccc1N[C@H](c1nnc(-c2ccccc2)o1)c1ccc(F)cc1Cl. The molecular weight excluding hydrogens is 412 g/mol. The van der Waals surface area contributed by atoms with Gasteiger partial charge in [0.1, 0.15) is 11.9 Å². The first kappa shape index (κ1) is 19.4. The maximum Gasteiger partial charge on any atom is 0.247 e. The van der Waals surface area contributed by atoms with Gasteiger partial charge in [-0.3, -0.25) is 0 Å². The molecule has 0 amide bonds. The van der Waals surface area contributed by atoms with Gasteiger partial charge in [-0.15, -0.1) is 10.2 Å². The Balaban J connectivity index is 1.78. The lowest BCUT2D eigenvalue weighted by atomic mass is 10.1. The number of anilines is 1. The highest BCUT2D eigenvalue weighted by molar-refractivity contribution is 6.32. The maximum atomic E-state index is 13.6. The van der Waals surface area contributed by atoms with E-state index in [0.717, 1.165) is 16.8 Å². The summed E-state index contributed by atoms with van der Waals surface area (Å²) in [5.74, 6) is 0.261. The smallest absolute Gasteiger partial charge is 0.247 e. The van der Waals surface area contributed by atoms with Crippen molar-refractivity contribution in [2.24, 2.45) is 0 Å². The second-order valence-electron chi connectivity index (χ2n) is 6.47. The van der Waals surface area contributed by atoms with Crippen molar-refractivity contribution in [1.29, 1.82) is 0 Å². The lowest BCUT2D eigenvalue weighted by Gasteiger charge is -2.20. The highest BCUT2D eigenvalue weighted by Gasteiger charge is 2.25. The average Bonchev–Trinajstić information content (AvgIpc) is 3.20. The summed E-state index contributed by atoms with van der Waals surface area (Å²) in [6.07, 6.45) is 0. The molecule has 0 saturated carbocycles. The standard InChI is InChI=1S/C22H16Cl2FN3O/c1-13-17(23)8-5-9-19(13)26-20(16-11-10-15(25)12-18(16)24)22-28-27-21(29-22)14-6-3-2-4-7-14/h2-12,20,26H,1H3/t20-/m0/s1. The summed E-state index contributed by atoms with van der Waals surface area (Å²) in [5.41, 5.74) is 3.05. The van der Waals surface area contributed by atoms with Crippen molar-refractivity contribution in [3.05, 3.63) is 99.6 Å². The van der Waals surface area contributed by atoms with Crippen LogP contribution in [0.1, 0.15) is 23.1 Å². The number of hydrogen-bond acceptors (Lipinski definition) is 4. The van der Waals surface area contributed by atoms with E-state index >= 15 is 0 Å². The van der Waals surface area contributed by atoms with Crippen molar-refractivity contribution in [2.45, 2.75) is 13.0 Å². The first-order valence-electron chi connectivity index (χ1n) is 8.88. The third-order valence-electron chi connectivity index (χ3n) is 4.55. The molecule has 1 aromatic heterocycles. The Bertz CT molecular complexity index is 1150. The summed E-state index contributed by atoms with van der Waals surface area (Å²) < 4.78 is 19.6. The van der Waals surface area contributed by atoms with Gasteiger partial charge in [0.2, 0.25) is 11.8 Å². The van der Waals surface area contributed by atoms with E-state index in [0.29, 0.717) is 22.4 Å². The van der Waals surface area contributed by atoms with Crippen LogP contribution in [0.2, 0.25) is 10.0 Å². The van der Waals surface area contributed by atoms with Gasteiger partial charge in [0.15, 0.2) is 0 Å². The van der Waals surface area contributed by atoms with E-state index in [2.05, 4.69) is 15.5 Å². The largest absolute Gasteiger partial charge is 0.418 e. The fraction of sp³-hybridized carbons (Fsp3) is 0.0909. The van der Waals surface area contributed by atoms with E-state index in [1.807, 2.05) is 55.5 Å². The number of nitrogens with zero attached hydrogens (tertiary/aromatic N) is 2. The van der Waals surface area contributed by atoms with Crippen molar-refractivity contribution in [3.63, 3.8) is 0 Å². The van der Waals surface area contributed by atoms with Gasteiger partial charge in [-0.1, -0.05) is 53.5 Å². The first-order chi connectivity index (χ1) is 14.0. The van der Waals surface area contributed by atoms with Crippen molar-refractivity contribution in [2.75, 3.05) is 5.32 Å². The van der Waals surface area contributed by atoms with Crippen LogP contribution in [0.25, 0.3) is 11.5 Å². The maximum absolute atomic E-state index is 13.6. The van der Waals surface area contributed by atoms with E-state index < -0.39 is 11.9 Å². The summed E-state index contributed by atoms with van der Waals surface area (Å²) in [4.78, 5) is 0. The molecule has 1 atom stereocenters. The van der Waals surface area contributed by atoms with Gasteiger partial charge in [-0.25, -0.2) is 4.39 Å². The zero-order valence-electron chi connectivity index (χ0n) is 15.4.